The number of nitrogens with one attached hydrogen (secondary N) is 1. The highest BCUT2D eigenvalue weighted by Crippen LogP contribution is 2.34. The smallest absolute Gasteiger partial charge is 0.153 e. The lowest BCUT2D eigenvalue weighted by Crippen LogP contribution is -1.97. The van der Waals surface area contributed by atoms with Crippen molar-refractivity contribution in [2.24, 2.45) is 5.92 Å². The largest absolute Gasteiger partial charge is 0.495 e. The quantitative estimate of drug-likeness (QED) is 0.900. The molecular formula is C14H18ClN3O. The van der Waals surface area contributed by atoms with Crippen molar-refractivity contribution in [3.05, 3.63) is 28.9 Å². The molecule has 19 heavy (non-hydrogen) atoms. The molecule has 4 nitrogen and oxygen atoms in total. The highest BCUT2D eigenvalue weighted by Gasteiger charge is 2.15. The summed E-state index contributed by atoms with van der Waals surface area (Å²) in [5.41, 5.74) is 8.87. The average Bonchev–Trinajstić information content (AvgIpc) is 2.69. The molecule has 1 aromatic heterocycles. The zero-order valence-electron chi connectivity index (χ0n) is 11.3. The maximum atomic E-state index is 6.16. The van der Waals surface area contributed by atoms with Crippen LogP contribution in [0.15, 0.2) is 18.2 Å². The van der Waals surface area contributed by atoms with Gasteiger partial charge in [0.2, 0.25) is 0 Å². The van der Waals surface area contributed by atoms with E-state index in [4.69, 9.17) is 22.1 Å². The van der Waals surface area contributed by atoms with E-state index in [2.05, 4.69) is 24.0 Å². The second kappa shape index (κ2) is 5.53. The number of methoxy groups -OCH3 is 1. The Balaban J connectivity index is 2.46. The van der Waals surface area contributed by atoms with Crippen LogP contribution in [0.1, 0.15) is 19.5 Å². The Morgan fingerprint density at radius 2 is 2.16 bits per heavy atom. The van der Waals surface area contributed by atoms with Gasteiger partial charge in [0, 0.05) is 11.3 Å². The van der Waals surface area contributed by atoms with Gasteiger partial charge in [0.15, 0.2) is 5.82 Å². The summed E-state index contributed by atoms with van der Waals surface area (Å²) in [6.07, 6.45) is 0.892. The molecule has 0 amide bonds. The molecule has 0 saturated heterocycles. The third kappa shape index (κ3) is 2.84. The molecule has 0 spiro atoms. The fourth-order valence-corrected chi connectivity index (χ4v) is 2.35. The van der Waals surface area contributed by atoms with E-state index in [-0.39, 0.29) is 0 Å². The van der Waals surface area contributed by atoms with Gasteiger partial charge in [-0.3, -0.25) is 5.10 Å². The Morgan fingerprint density at radius 3 is 2.74 bits per heavy atom. The number of H-pyrrole nitrogens is 1. The lowest BCUT2D eigenvalue weighted by molar-refractivity contribution is 0.415. The highest BCUT2D eigenvalue weighted by molar-refractivity contribution is 6.32. The first-order chi connectivity index (χ1) is 9.02. The number of aromatic amines is 1. The van der Waals surface area contributed by atoms with E-state index < -0.39 is 0 Å². The van der Waals surface area contributed by atoms with Gasteiger partial charge in [-0.05, 0) is 30.0 Å². The van der Waals surface area contributed by atoms with E-state index in [1.165, 1.54) is 0 Å². The second-order valence-electron chi connectivity index (χ2n) is 4.91. The zero-order valence-corrected chi connectivity index (χ0v) is 12.1. The molecule has 102 valence electrons. The van der Waals surface area contributed by atoms with E-state index in [0.717, 1.165) is 23.2 Å². The fraction of sp³-hybridized carbons (Fsp3) is 0.357. The Hall–Kier alpha value is -1.68. The van der Waals surface area contributed by atoms with Crippen molar-refractivity contribution in [3.63, 3.8) is 0 Å². The minimum absolute atomic E-state index is 0.497. The molecule has 0 unspecified atom stereocenters. The molecule has 0 aliphatic carbocycles. The number of anilines is 1. The standard InChI is InChI=1S/C14H18ClN3O/c1-8(2)6-11-13(14(16)18-17-11)9-4-5-12(19-3)10(15)7-9/h4-5,7-8H,6H2,1-3H3,(H3,16,17,18). The van der Waals surface area contributed by atoms with Crippen LogP contribution in [-0.4, -0.2) is 17.3 Å². The van der Waals surface area contributed by atoms with Gasteiger partial charge in [-0.1, -0.05) is 31.5 Å². The normalized spacial score (nSPS) is 11.0. The molecule has 3 N–H and O–H groups in total. The predicted molar refractivity (Wildman–Crippen MR) is 78.5 cm³/mol. The Bertz CT molecular complexity index is 578. The van der Waals surface area contributed by atoms with E-state index in [0.29, 0.717) is 22.5 Å². The van der Waals surface area contributed by atoms with Crippen LogP contribution in [0.5, 0.6) is 5.75 Å². The third-order valence-electron chi connectivity index (χ3n) is 2.92. The molecule has 0 aliphatic rings. The monoisotopic (exact) mass is 279 g/mol. The van der Waals surface area contributed by atoms with Gasteiger partial charge in [0.05, 0.1) is 12.1 Å². The van der Waals surface area contributed by atoms with Gasteiger partial charge in [-0.25, -0.2) is 0 Å². The molecule has 0 aliphatic heterocycles. The van der Waals surface area contributed by atoms with Crippen molar-refractivity contribution in [2.45, 2.75) is 20.3 Å². The third-order valence-corrected chi connectivity index (χ3v) is 3.22. The van der Waals surface area contributed by atoms with Gasteiger partial charge in [-0.15, -0.1) is 0 Å². The topological polar surface area (TPSA) is 63.9 Å². The van der Waals surface area contributed by atoms with Crippen molar-refractivity contribution in [2.75, 3.05) is 12.8 Å². The Kier molecular flexibility index (Phi) is 4.00. The van der Waals surface area contributed by atoms with E-state index in [9.17, 15) is 0 Å². The van der Waals surface area contributed by atoms with Crippen LogP contribution < -0.4 is 10.5 Å². The number of aromatic nitrogens is 2. The molecule has 0 atom stereocenters. The molecule has 2 rings (SSSR count). The molecule has 0 fully saturated rings. The second-order valence-corrected chi connectivity index (χ2v) is 5.32. The summed E-state index contributed by atoms with van der Waals surface area (Å²) in [5.74, 6) is 1.67. The Labute approximate surface area is 117 Å². The minimum atomic E-state index is 0.497. The van der Waals surface area contributed by atoms with Gasteiger partial charge in [0.1, 0.15) is 5.75 Å². The molecule has 5 heteroatoms. The number of halogens is 1. The van der Waals surface area contributed by atoms with Crippen molar-refractivity contribution in [1.29, 1.82) is 0 Å². The van der Waals surface area contributed by atoms with Gasteiger partial charge in [0.25, 0.3) is 0 Å². The number of hydrogen-bond acceptors (Lipinski definition) is 3. The molecule has 0 bridgehead atoms. The molecule has 0 radical (unpaired) electrons. The molecule has 1 heterocycles. The number of hydrogen-bond donors (Lipinski definition) is 2. The summed E-state index contributed by atoms with van der Waals surface area (Å²) in [7, 11) is 1.59. The van der Waals surface area contributed by atoms with Crippen LogP contribution in [0.4, 0.5) is 5.82 Å². The van der Waals surface area contributed by atoms with Crippen LogP contribution in [0.25, 0.3) is 11.1 Å². The number of nitrogen functional groups attached to an aromatic ring is 1. The highest BCUT2D eigenvalue weighted by atomic mass is 35.5. The molecule has 0 saturated carbocycles. The first-order valence-electron chi connectivity index (χ1n) is 6.19. The van der Waals surface area contributed by atoms with E-state index >= 15 is 0 Å². The van der Waals surface area contributed by atoms with Gasteiger partial charge in [-0.2, -0.15) is 5.10 Å². The van der Waals surface area contributed by atoms with Crippen LogP contribution in [-0.2, 0) is 6.42 Å². The van der Waals surface area contributed by atoms with Crippen molar-refractivity contribution in [3.8, 4) is 16.9 Å². The predicted octanol–water partition coefficient (Wildman–Crippen LogP) is 3.52. The number of rotatable bonds is 4. The van der Waals surface area contributed by atoms with Crippen molar-refractivity contribution >= 4 is 17.4 Å². The fourth-order valence-electron chi connectivity index (χ4n) is 2.09. The Morgan fingerprint density at radius 1 is 1.42 bits per heavy atom. The van der Waals surface area contributed by atoms with Crippen molar-refractivity contribution < 1.29 is 4.74 Å². The zero-order chi connectivity index (χ0) is 14.0. The van der Waals surface area contributed by atoms with Gasteiger partial charge >= 0.3 is 0 Å². The van der Waals surface area contributed by atoms with Crippen molar-refractivity contribution in [1.82, 2.24) is 10.2 Å². The maximum absolute atomic E-state index is 6.16. The molecular weight excluding hydrogens is 262 g/mol. The summed E-state index contributed by atoms with van der Waals surface area (Å²) in [6.45, 7) is 4.31. The summed E-state index contributed by atoms with van der Waals surface area (Å²) >= 11 is 6.16. The minimum Gasteiger partial charge on any atom is -0.495 e. The van der Waals surface area contributed by atoms with Crippen LogP contribution in [0.2, 0.25) is 5.02 Å². The number of nitrogens with zero attached hydrogens (tertiary/aromatic N) is 1. The maximum Gasteiger partial charge on any atom is 0.153 e. The lowest BCUT2D eigenvalue weighted by Gasteiger charge is -2.09. The SMILES string of the molecule is COc1ccc(-c2c(N)n[nH]c2CC(C)C)cc1Cl. The summed E-state index contributed by atoms with van der Waals surface area (Å²) in [4.78, 5) is 0. The van der Waals surface area contributed by atoms with Crippen LogP contribution in [0.3, 0.4) is 0 Å². The lowest BCUT2D eigenvalue weighted by atomic mass is 9.99. The molecule has 2 aromatic rings. The molecule has 1 aromatic carbocycles. The van der Waals surface area contributed by atoms with Gasteiger partial charge < -0.3 is 10.5 Å². The number of nitrogens with two attached hydrogens (primary N) is 1. The number of benzene rings is 1. The average molecular weight is 280 g/mol. The summed E-state index contributed by atoms with van der Waals surface area (Å²) in [5, 5.41) is 7.67. The first kappa shape index (κ1) is 13.7. The van der Waals surface area contributed by atoms with Crippen LogP contribution >= 0.6 is 11.6 Å². The van der Waals surface area contributed by atoms with Crippen LogP contribution in [0, 0.1) is 5.92 Å². The van der Waals surface area contributed by atoms with E-state index in [1.807, 2.05) is 18.2 Å². The van der Waals surface area contributed by atoms with E-state index in [1.54, 1.807) is 7.11 Å². The summed E-state index contributed by atoms with van der Waals surface area (Å²) in [6, 6.07) is 5.63. The number of ether oxygens (including phenoxy) is 1. The first-order valence-corrected chi connectivity index (χ1v) is 6.57. The summed E-state index contributed by atoms with van der Waals surface area (Å²) < 4.78 is 5.16.